The van der Waals surface area contributed by atoms with Crippen molar-refractivity contribution in [3.8, 4) is 11.5 Å². The first kappa shape index (κ1) is 21.2. The van der Waals surface area contributed by atoms with Crippen molar-refractivity contribution < 1.29 is 19.1 Å². The van der Waals surface area contributed by atoms with Crippen LogP contribution < -0.4 is 20.1 Å². The number of carbonyl (C=O) groups is 2. The van der Waals surface area contributed by atoms with E-state index in [9.17, 15) is 9.59 Å². The molecule has 2 amide bonds. The molecule has 1 saturated heterocycles. The fourth-order valence-electron chi connectivity index (χ4n) is 4.43. The highest BCUT2D eigenvalue weighted by Gasteiger charge is 2.31. The number of rotatable bonds is 7. The van der Waals surface area contributed by atoms with E-state index in [-0.39, 0.29) is 36.2 Å². The van der Waals surface area contributed by atoms with Gasteiger partial charge in [-0.1, -0.05) is 6.07 Å². The van der Waals surface area contributed by atoms with Gasteiger partial charge in [0.15, 0.2) is 11.5 Å². The number of methoxy groups -OCH3 is 1. The minimum absolute atomic E-state index is 0.0722. The molecule has 2 heterocycles. The molecule has 0 spiro atoms. The summed E-state index contributed by atoms with van der Waals surface area (Å²) in [4.78, 5) is 28.8. The van der Waals surface area contributed by atoms with E-state index in [1.54, 1.807) is 31.6 Å². The lowest BCUT2D eigenvalue weighted by atomic mass is 9.83. The Bertz CT molecular complexity index is 912. The molecule has 31 heavy (non-hydrogen) atoms. The average molecular weight is 424 g/mol. The van der Waals surface area contributed by atoms with E-state index >= 15 is 0 Å². The van der Waals surface area contributed by atoms with Crippen LogP contribution in [0.3, 0.4) is 0 Å². The molecule has 4 rings (SSSR count). The van der Waals surface area contributed by atoms with Gasteiger partial charge in [-0.05, 0) is 61.9 Å². The molecule has 0 radical (unpaired) electrons. The normalized spacial score (nSPS) is 21.4. The highest BCUT2D eigenvalue weighted by Crippen LogP contribution is 2.37. The number of nitrogens with zero attached hydrogens (tertiary/aromatic N) is 1. The summed E-state index contributed by atoms with van der Waals surface area (Å²) in [6.07, 6.45) is 8.77. The molecule has 1 unspecified atom stereocenters. The molecular weight excluding hydrogens is 394 g/mol. The van der Waals surface area contributed by atoms with Crippen LogP contribution >= 0.6 is 0 Å². The summed E-state index contributed by atoms with van der Waals surface area (Å²) in [6.45, 7) is 0.552. The molecule has 1 aliphatic carbocycles. The monoisotopic (exact) mass is 423 g/mol. The number of nitrogens with one attached hydrogen (secondary N) is 2. The summed E-state index contributed by atoms with van der Waals surface area (Å²) >= 11 is 0. The Labute approximate surface area is 182 Å². The fourth-order valence-corrected chi connectivity index (χ4v) is 4.43. The van der Waals surface area contributed by atoms with E-state index in [4.69, 9.17) is 9.47 Å². The number of piperidine rings is 1. The van der Waals surface area contributed by atoms with Crippen molar-refractivity contribution in [3.63, 3.8) is 0 Å². The van der Waals surface area contributed by atoms with Crippen LogP contribution in [0, 0.1) is 5.92 Å². The molecule has 1 aliphatic heterocycles. The van der Waals surface area contributed by atoms with Gasteiger partial charge >= 0.3 is 0 Å². The van der Waals surface area contributed by atoms with Gasteiger partial charge in [-0.25, -0.2) is 0 Å². The predicted molar refractivity (Wildman–Crippen MR) is 117 cm³/mol. The fraction of sp³-hybridized carbons (Fsp3) is 0.458. The standard InChI is InChI=1S/C24H29N3O4/c1-30-21-7-6-16(13-22(21)31-20-4-2-3-5-20)18-12-17(24(29)26-15-18)14-23(28)27-19-8-10-25-11-9-19/h6-11,13,17-18,20H,2-5,12,14-15H2,1H3,(H,26,29)(H,25,27,28)/t17?,18-/m1/s1. The van der Waals surface area contributed by atoms with Gasteiger partial charge in [0, 0.05) is 42.9 Å². The van der Waals surface area contributed by atoms with Gasteiger partial charge in [0.05, 0.1) is 13.2 Å². The second-order valence-corrected chi connectivity index (χ2v) is 8.30. The minimum Gasteiger partial charge on any atom is -0.493 e. The molecule has 1 aromatic heterocycles. The van der Waals surface area contributed by atoms with Gasteiger partial charge in [0.2, 0.25) is 11.8 Å². The summed E-state index contributed by atoms with van der Waals surface area (Å²) < 4.78 is 11.7. The van der Waals surface area contributed by atoms with Crippen molar-refractivity contribution >= 4 is 17.5 Å². The van der Waals surface area contributed by atoms with E-state index < -0.39 is 0 Å². The lowest BCUT2D eigenvalue weighted by Crippen LogP contribution is -2.42. The maximum atomic E-state index is 12.5. The molecular formula is C24H29N3O4. The third kappa shape index (κ3) is 5.34. The molecule has 2 N–H and O–H groups in total. The SMILES string of the molecule is COc1ccc([C@H]2CNC(=O)C(CC(=O)Nc3ccncc3)C2)cc1OC1CCCC1. The molecule has 1 saturated carbocycles. The Morgan fingerprint density at radius 3 is 2.68 bits per heavy atom. The maximum Gasteiger partial charge on any atom is 0.225 e. The van der Waals surface area contributed by atoms with Crippen molar-refractivity contribution in [1.29, 1.82) is 0 Å². The van der Waals surface area contributed by atoms with Crippen LogP contribution in [-0.2, 0) is 9.59 Å². The van der Waals surface area contributed by atoms with Crippen molar-refractivity contribution in [3.05, 3.63) is 48.3 Å². The summed E-state index contributed by atoms with van der Waals surface area (Å²) in [7, 11) is 1.65. The van der Waals surface area contributed by atoms with Gasteiger partial charge in [-0.3, -0.25) is 14.6 Å². The summed E-state index contributed by atoms with van der Waals surface area (Å²) in [5.41, 5.74) is 1.77. The van der Waals surface area contributed by atoms with Crippen LogP contribution in [0.2, 0.25) is 0 Å². The highest BCUT2D eigenvalue weighted by molar-refractivity contribution is 5.94. The highest BCUT2D eigenvalue weighted by atomic mass is 16.5. The van der Waals surface area contributed by atoms with Gasteiger partial charge in [0.1, 0.15) is 0 Å². The van der Waals surface area contributed by atoms with Gasteiger partial charge in [0.25, 0.3) is 0 Å². The number of aromatic nitrogens is 1. The second-order valence-electron chi connectivity index (χ2n) is 8.30. The third-order valence-corrected chi connectivity index (χ3v) is 6.11. The number of hydrogen-bond donors (Lipinski definition) is 2. The molecule has 1 aromatic carbocycles. The van der Waals surface area contributed by atoms with Crippen LogP contribution in [0.5, 0.6) is 11.5 Å². The summed E-state index contributed by atoms with van der Waals surface area (Å²) in [6, 6.07) is 9.45. The zero-order valence-electron chi connectivity index (χ0n) is 17.8. The molecule has 2 fully saturated rings. The van der Waals surface area contributed by atoms with E-state index in [1.165, 1.54) is 12.8 Å². The number of amides is 2. The predicted octanol–water partition coefficient (Wildman–Crippen LogP) is 3.66. The first-order valence-corrected chi connectivity index (χ1v) is 10.9. The lowest BCUT2D eigenvalue weighted by molar-refractivity contribution is -0.130. The van der Waals surface area contributed by atoms with Crippen LogP contribution in [0.1, 0.15) is 50.0 Å². The van der Waals surface area contributed by atoms with Gasteiger partial charge in [-0.2, -0.15) is 0 Å². The van der Waals surface area contributed by atoms with E-state index in [2.05, 4.69) is 15.6 Å². The quantitative estimate of drug-likeness (QED) is 0.709. The van der Waals surface area contributed by atoms with E-state index in [0.29, 0.717) is 18.7 Å². The topological polar surface area (TPSA) is 89.5 Å². The molecule has 7 nitrogen and oxygen atoms in total. The largest absolute Gasteiger partial charge is 0.493 e. The molecule has 2 aromatic rings. The second kappa shape index (κ2) is 9.81. The zero-order valence-corrected chi connectivity index (χ0v) is 17.8. The molecule has 7 heteroatoms. The van der Waals surface area contributed by atoms with Crippen LogP contribution in [0.15, 0.2) is 42.7 Å². The zero-order chi connectivity index (χ0) is 21.6. The number of pyridine rings is 1. The van der Waals surface area contributed by atoms with Crippen molar-refractivity contribution in [1.82, 2.24) is 10.3 Å². The third-order valence-electron chi connectivity index (χ3n) is 6.11. The first-order valence-electron chi connectivity index (χ1n) is 10.9. The molecule has 2 aliphatic rings. The summed E-state index contributed by atoms with van der Waals surface area (Å²) in [5.74, 6) is 0.985. The Morgan fingerprint density at radius 2 is 1.94 bits per heavy atom. The maximum absolute atomic E-state index is 12.5. The Hall–Kier alpha value is -3.09. The molecule has 164 valence electrons. The average Bonchev–Trinajstić information content (AvgIpc) is 3.29. The molecule has 0 bridgehead atoms. The van der Waals surface area contributed by atoms with Gasteiger partial charge < -0.3 is 20.1 Å². The number of ether oxygens (including phenoxy) is 2. The smallest absolute Gasteiger partial charge is 0.225 e. The van der Waals surface area contributed by atoms with E-state index in [0.717, 1.165) is 29.9 Å². The minimum atomic E-state index is -0.373. The Balaban J connectivity index is 1.43. The first-order chi connectivity index (χ1) is 15.1. The molecule has 2 atom stereocenters. The van der Waals surface area contributed by atoms with Crippen LogP contribution in [0.4, 0.5) is 5.69 Å². The number of carbonyl (C=O) groups excluding carboxylic acids is 2. The lowest BCUT2D eigenvalue weighted by Gasteiger charge is -2.29. The van der Waals surface area contributed by atoms with E-state index in [1.807, 2.05) is 18.2 Å². The Kier molecular flexibility index (Phi) is 6.70. The number of benzene rings is 1. The number of hydrogen-bond acceptors (Lipinski definition) is 5. The summed E-state index contributed by atoms with van der Waals surface area (Å²) in [5, 5.41) is 5.80. The van der Waals surface area contributed by atoms with Gasteiger partial charge in [-0.15, -0.1) is 0 Å². The van der Waals surface area contributed by atoms with Crippen molar-refractivity contribution in [2.75, 3.05) is 19.0 Å². The van der Waals surface area contributed by atoms with Crippen LogP contribution in [-0.4, -0.2) is 36.6 Å². The van der Waals surface area contributed by atoms with Crippen molar-refractivity contribution in [2.24, 2.45) is 5.92 Å². The van der Waals surface area contributed by atoms with Crippen LogP contribution in [0.25, 0.3) is 0 Å². The number of anilines is 1. The van der Waals surface area contributed by atoms with Crippen molar-refractivity contribution in [2.45, 2.75) is 50.5 Å². The Morgan fingerprint density at radius 1 is 1.16 bits per heavy atom.